The Balaban J connectivity index is 1.61. The van der Waals surface area contributed by atoms with Gasteiger partial charge in [0.25, 0.3) is 0 Å². The second-order valence-electron chi connectivity index (χ2n) is 8.05. The topological polar surface area (TPSA) is 74.9 Å². The smallest absolute Gasteiger partial charge is 0.338 e. The average Bonchev–Trinajstić information content (AvgIpc) is 2.98. The van der Waals surface area contributed by atoms with E-state index in [9.17, 15) is 4.79 Å². The molecule has 162 valence electrons. The van der Waals surface area contributed by atoms with Gasteiger partial charge in [0.05, 0.1) is 23.0 Å². The normalized spacial score (nSPS) is 11.5. The van der Waals surface area contributed by atoms with Crippen LogP contribution in [-0.2, 0) is 23.2 Å². The monoisotopic (exact) mass is 421 g/mol. The van der Waals surface area contributed by atoms with Gasteiger partial charge in [-0.2, -0.15) is 5.10 Å². The van der Waals surface area contributed by atoms with Crippen LogP contribution in [0.25, 0.3) is 0 Å². The summed E-state index contributed by atoms with van der Waals surface area (Å²) in [5, 5.41) is 8.47. The van der Waals surface area contributed by atoms with E-state index in [1.807, 2.05) is 77.2 Å². The molecular formula is C24H27N3O4. The molecule has 0 aliphatic carbocycles. The number of aromatic nitrogens is 2. The number of para-hydroxylation sites is 1. The number of ether oxygens (including phenoxy) is 2. The van der Waals surface area contributed by atoms with E-state index in [1.54, 1.807) is 23.0 Å². The predicted octanol–water partition coefficient (Wildman–Crippen LogP) is 5.03. The van der Waals surface area contributed by atoms with Crippen LogP contribution in [0.2, 0.25) is 0 Å². The molecular weight excluding hydrogens is 394 g/mol. The number of aryl methyl sites for hydroxylation is 2. The molecule has 1 heterocycles. The first-order valence-electron chi connectivity index (χ1n) is 9.97. The van der Waals surface area contributed by atoms with Gasteiger partial charge < -0.3 is 14.3 Å². The summed E-state index contributed by atoms with van der Waals surface area (Å²) in [4.78, 5) is 17.5. The number of nitrogens with zero attached hydrogens (tertiary/aromatic N) is 3. The van der Waals surface area contributed by atoms with Crippen LogP contribution in [0.3, 0.4) is 0 Å². The lowest BCUT2D eigenvalue weighted by atomic mass is 10.1. The van der Waals surface area contributed by atoms with Gasteiger partial charge >= 0.3 is 5.97 Å². The first kappa shape index (κ1) is 22.1. The Kier molecular flexibility index (Phi) is 6.74. The van der Waals surface area contributed by atoms with E-state index in [1.165, 1.54) is 0 Å². The quantitative estimate of drug-likeness (QED) is 0.304. The van der Waals surface area contributed by atoms with E-state index in [2.05, 4.69) is 10.3 Å². The molecule has 0 aliphatic rings. The van der Waals surface area contributed by atoms with E-state index >= 15 is 0 Å². The van der Waals surface area contributed by atoms with Gasteiger partial charge in [0.15, 0.2) is 0 Å². The van der Waals surface area contributed by atoms with Crippen molar-refractivity contribution in [2.24, 2.45) is 12.2 Å². The Labute approximate surface area is 182 Å². The largest absolute Gasteiger partial charge is 0.456 e. The van der Waals surface area contributed by atoms with Crippen LogP contribution in [-0.4, -0.2) is 27.6 Å². The summed E-state index contributed by atoms with van der Waals surface area (Å²) >= 11 is 0. The van der Waals surface area contributed by atoms with Crippen molar-refractivity contribution in [3.63, 3.8) is 0 Å². The van der Waals surface area contributed by atoms with Gasteiger partial charge in [0, 0.05) is 7.05 Å². The number of carbonyl (C=O) groups is 1. The third kappa shape index (κ3) is 6.18. The van der Waals surface area contributed by atoms with Crippen LogP contribution in [0.5, 0.6) is 11.6 Å². The Morgan fingerprint density at radius 2 is 1.77 bits per heavy atom. The third-order valence-corrected chi connectivity index (χ3v) is 4.25. The second-order valence-corrected chi connectivity index (χ2v) is 8.05. The third-order valence-electron chi connectivity index (χ3n) is 4.25. The van der Waals surface area contributed by atoms with Crippen LogP contribution >= 0.6 is 0 Å². The highest BCUT2D eigenvalue weighted by molar-refractivity contribution is 5.89. The molecule has 2 aromatic carbocycles. The van der Waals surface area contributed by atoms with Crippen molar-refractivity contribution in [3.8, 4) is 11.6 Å². The summed E-state index contributed by atoms with van der Waals surface area (Å²) in [6, 6.07) is 16.6. The minimum absolute atomic E-state index is 0.263. The van der Waals surface area contributed by atoms with Gasteiger partial charge in [-0.05, 0) is 57.5 Å². The van der Waals surface area contributed by atoms with E-state index < -0.39 is 5.60 Å². The van der Waals surface area contributed by atoms with Crippen molar-refractivity contribution >= 4 is 12.2 Å². The van der Waals surface area contributed by atoms with Crippen molar-refractivity contribution in [1.82, 2.24) is 9.78 Å². The number of benzene rings is 2. The lowest BCUT2D eigenvalue weighted by Crippen LogP contribution is -2.23. The minimum atomic E-state index is -0.527. The highest BCUT2D eigenvalue weighted by Gasteiger charge is 2.17. The SMILES string of the molecule is Cc1nn(C)c(Oc2ccccc2)c1C=NOCc1ccc(C(=O)OC(C)(C)C)cc1. The molecule has 0 bridgehead atoms. The van der Waals surface area contributed by atoms with Crippen molar-refractivity contribution in [2.75, 3.05) is 0 Å². The van der Waals surface area contributed by atoms with Crippen molar-refractivity contribution in [1.29, 1.82) is 0 Å². The second kappa shape index (κ2) is 9.47. The van der Waals surface area contributed by atoms with Gasteiger partial charge in [-0.3, -0.25) is 0 Å². The number of esters is 1. The lowest BCUT2D eigenvalue weighted by Gasteiger charge is -2.19. The standard InChI is InChI=1S/C24H27N3O4/c1-17-21(22(27(5)26-17)30-20-9-7-6-8-10-20)15-25-29-16-18-11-13-19(14-12-18)23(28)31-24(2,3)4/h6-15H,16H2,1-5H3. The zero-order chi connectivity index (χ0) is 22.4. The Bertz CT molecular complexity index is 1050. The highest BCUT2D eigenvalue weighted by Crippen LogP contribution is 2.25. The van der Waals surface area contributed by atoms with E-state index in [0.29, 0.717) is 17.2 Å². The summed E-state index contributed by atoms with van der Waals surface area (Å²) < 4.78 is 13.0. The van der Waals surface area contributed by atoms with Gasteiger partial charge in [-0.15, -0.1) is 0 Å². The van der Waals surface area contributed by atoms with Crippen molar-refractivity contribution in [3.05, 3.63) is 77.0 Å². The molecule has 0 unspecified atom stereocenters. The summed E-state index contributed by atoms with van der Waals surface area (Å²) in [5.74, 6) is 0.944. The number of carbonyl (C=O) groups excluding carboxylic acids is 1. The van der Waals surface area contributed by atoms with Gasteiger partial charge in [0.1, 0.15) is 18.0 Å². The van der Waals surface area contributed by atoms with Gasteiger partial charge in [-0.25, -0.2) is 9.48 Å². The highest BCUT2D eigenvalue weighted by atomic mass is 16.6. The molecule has 0 saturated heterocycles. The number of hydrogen-bond acceptors (Lipinski definition) is 6. The molecule has 0 aliphatic heterocycles. The molecule has 7 heteroatoms. The number of oxime groups is 1. The number of hydrogen-bond donors (Lipinski definition) is 0. The maximum atomic E-state index is 12.1. The molecule has 7 nitrogen and oxygen atoms in total. The first-order valence-corrected chi connectivity index (χ1v) is 9.97. The minimum Gasteiger partial charge on any atom is -0.456 e. The average molecular weight is 421 g/mol. The Morgan fingerprint density at radius 1 is 1.10 bits per heavy atom. The molecule has 0 N–H and O–H groups in total. The van der Waals surface area contributed by atoms with Crippen LogP contribution in [0, 0.1) is 6.92 Å². The molecule has 0 spiro atoms. The van der Waals surface area contributed by atoms with Crippen LogP contribution < -0.4 is 4.74 Å². The van der Waals surface area contributed by atoms with Crippen molar-refractivity contribution in [2.45, 2.75) is 39.9 Å². The van der Waals surface area contributed by atoms with Gasteiger partial charge in [0.2, 0.25) is 5.88 Å². The molecule has 31 heavy (non-hydrogen) atoms. The van der Waals surface area contributed by atoms with E-state index in [-0.39, 0.29) is 12.6 Å². The molecule has 3 rings (SSSR count). The molecule has 3 aromatic rings. The molecule has 0 saturated carbocycles. The fourth-order valence-electron chi connectivity index (χ4n) is 2.80. The molecule has 0 amide bonds. The van der Waals surface area contributed by atoms with Crippen molar-refractivity contribution < 1.29 is 19.1 Å². The summed E-state index contributed by atoms with van der Waals surface area (Å²) in [5.41, 5.74) is 2.37. The first-order chi connectivity index (χ1) is 14.7. The molecule has 0 fully saturated rings. The zero-order valence-corrected chi connectivity index (χ0v) is 18.5. The summed E-state index contributed by atoms with van der Waals surface area (Å²) in [6.07, 6.45) is 1.59. The molecule has 1 aromatic heterocycles. The fourth-order valence-corrected chi connectivity index (χ4v) is 2.80. The lowest BCUT2D eigenvalue weighted by molar-refractivity contribution is 0.00694. The van der Waals surface area contributed by atoms with Crippen LogP contribution in [0.4, 0.5) is 0 Å². The van der Waals surface area contributed by atoms with E-state index in [0.717, 1.165) is 16.8 Å². The van der Waals surface area contributed by atoms with Crippen LogP contribution in [0.1, 0.15) is 48.0 Å². The summed E-state index contributed by atoms with van der Waals surface area (Å²) in [7, 11) is 1.82. The van der Waals surface area contributed by atoms with Crippen LogP contribution in [0.15, 0.2) is 59.8 Å². The Hall–Kier alpha value is -3.61. The fraction of sp³-hybridized carbons (Fsp3) is 0.292. The Morgan fingerprint density at radius 3 is 2.42 bits per heavy atom. The molecule has 0 radical (unpaired) electrons. The van der Waals surface area contributed by atoms with E-state index in [4.69, 9.17) is 14.3 Å². The maximum Gasteiger partial charge on any atom is 0.338 e. The molecule has 0 atom stereocenters. The number of rotatable bonds is 7. The van der Waals surface area contributed by atoms with Gasteiger partial charge in [-0.1, -0.05) is 35.5 Å². The zero-order valence-electron chi connectivity index (χ0n) is 18.5. The maximum absolute atomic E-state index is 12.1. The summed E-state index contributed by atoms with van der Waals surface area (Å²) in [6.45, 7) is 7.66. The predicted molar refractivity (Wildman–Crippen MR) is 118 cm³/mol.